The van der Waals surface area contributed by atoms with Gasteiger partial charge in [-0.25, -0.2) is 8.42 Å². The second-order valence-electron chi connectivity index (χ2n) is 9.68. The standard InChI is InChI=1S/C30H31N3O6S/c1-4-6-10-26-32-29(34)28(30(35)33(26)24(5-2)23-8-7-9-25-27(23)39-18-38-25)40(36,37)21-13-11-20(12-14-21)22-15-16-31-17-19(22)3/h7-9,11-17,24,35H,4-6,10,18H2,1-3H3/t24-/m0/s1. The minimum atomic E-state index is -4.42. The maximum Gasteiger partial charge on any atom is 0.296 e. The number of unbranched alkanes of at least 4 members (excludes halogenated alkanes) is 1. The summed E-state index contributed by atoms with van der Waals surface area (Å²) in [5.41, 5.74) is 2.38. The minimum Gasteiger partial charge on any atom is -0.493 e. The first kappa shape index (κ1) is 27.4. The van der Waals surface area contributed by atoms with Gasteiger partial charge in [-0.1, -0.05) is 44.5 Å². The molecule has 0 unspecified atom stereocenters. The molecule has 0 spiro atoms. The molecule has 5 rings (SSSR count). The smallest absolute Gasteiger partial charge is 0.296 e. The van der Waals surface area contributed by atoms with Crippen LogP contribution < -0.4 is 15.0 Å². The van der Waals surface area contributed by atoms with Crippen molar-refractivity contribution in [2.24, 2.45) is 0 Å². The van der Waals surface area contributed by atoms with E-state index in [1.54, 1.807) is 30.6 Å². The van der Waals surface area contributed by atoms with Gasteiger partial charge in [0.15, 0.2) is 16.4 Å². The highest BCUT2D eigenvalue weighted by Gasteiger charge is 2.33. The van der Waals surface area contributed by atoms with Crippen LogP contribution in [0.25, 0.3) is 11.1 Å². The van der Waals surface area contributed by atoms with E-state index in [1.165, 1.54) is 16.7 Å². The zero-order chi connectivity index (χ0) is 28.4. The lowest BCUT2D eigenvalue weighted by Crippen LogP contribution is -2.27. The molecule has 1 atom stereocenters. The fourth-order valence-corrected chi connectivity index (χ4v) is 6.45. The molecule has 1 aliphatic rings. The summed E-state index contributed by atoms with van der Waals surface area (Å²) in [5.74, 6) is 0.774. The van der Waals surface area contributed by atoms with E-state index in [1.807, 2.05) is 39.0 Å². The first-order chi connectivity index (χ1) is 19.3. The van der Waals surface area contributed by atoms with Gasteiger partial charge in [0.2, 0.25) is 22.5 Å². The van der Waals surface area contributed by atoms with Crippen molar-refractivity contribution in [3.63, 3.8) is 0 Å². The summed E-state index contributed by atoms with van der Waals surface area (Å²) in [5, 5.41) is 11.6. The Balaban J connectivity index is 1.65. The van der Waals surface area contributed by atoms with Crippen LogP contribution in [0.15, 0.2) is 75.5 Å². The van der Waals surface area contributed by atoms with Gasteiger partial charge in [0.1, 0.15) is 5.82 Å². The first-order valence-electron chi connectivity index (χ1n) is 13.3. The topological polar surface area (TPSA) is 121 Å². The Labute approximate surface area is 233 Å². The van der Waals surface area contributed by atoms with Crippen molar-refractivity contribution >= 4 is 9.84 Å². The maximum atomic E-state index is 13.8. The van der Waals surface area contributed by atoms with Gasteiger partial charge < -0.3 is 14.6 Å². The monoisotopic (exact) mass is 561 g/mol. The molecular formula is C30H31N3O6S. The molecule has 4 aromatic rings. The van der Waals surface area contributed by atoms with Crippen molar-refractivity contribution in [3.05, 3.63) is 88.2 Å². The van der Waals surface area contributed by atoms with Gasteiger partial charge in [0.25, 0.3) is 5.56 Å². The number of rotatable bonds is 9. The number of para-hydroxylation sites is 1. The number of hydrogen-bond donors (Lipinski definition) is 1. The number of aromatic hydroxyl groups is 1. The van der Waals surface area contributed by atoms with Gasteiger partial charge in [0.05, 0.1) is 10.9 Å². The predicted molar refractivity (Wildman–Crippen MR) is 150 cm³/mol. The fraction of sp³-hybridized carbons (Fsp3) is 0.300. The molecule has 2 aromatic heterocycles. The van der Waals surface area contributed by atoms with Gasteiger partial charge in [-0.15, -0.1) is 0 Å². The van der Waals surface area contributed by atoms with E-state index < -0.39 is 32.2 Å². The Hall–Kier alpha value is -4.18. The molecule has 0 amide bonds. The number of hydrogen-bond acceptors (Lipinski definition) is 8. The minimum absolute atomic E-state index is 0.0640. The second-order valence-corrected chi connectivity index (χ2v) is 11.6. The van der Waals surface area contributed by atoms with E-state index in [-0.39, 0.29) is 11.7 Å². The van der Waals surface area contributed by atoms with E-state index in [0.717, 1.165) is 23.1 Å². The molecule has 2 aromatic carbocycles. The number of sulfone groups is 1. The van der Waals surface area contributed by atoms with E-state index in [4.69, 9.17) is 9.47 Å². The Morgan fingerprint density at radius 3 is 2.55 bits per heavy atom. The highest BCUT2D eigenvalue weighted by atomic mass is 32.2. The molecular weight excluding hydrogens is 530 g/mol. The third kappa shape index (κ3) is 4.83. The van der Waals surface area contributed by atoms with Crippen molar-refractivity contribution < 1.29 is 23.0 Å². The van der Waals surface area contributed by atoms with Crippen LogP contribution in [-0.4, -0.2) is 34.9 Å². The molecule has 0 aliphatic carbocycles. The van der Waals surface area contributed by atoms with Gasteiger partial charge >= 0.3 is 0 Å². The predicted octanol–water partition coefficient (Wildman–Crippen LogP) is 5.22. The van der Waals surface area contributed by atoms with Crippen LogP contribution in [0, 0.1) is 6.92 Å². The number of ether oxygens (including phenoxy) is 2. The summed E-state index contributed by atoms with van der Waals surface area (Å²) in [4.78, 5) is 20.7. The van der Waals surface area contributed by atoms with Crippen LogP contribution in [0.1, 0.15) is 56.1 Å². The highest BCUT2D eigenvalue weighted by Crippen LogP contribution is 2.43. The van der Waals surface area contributed by atoms with Gasteiger partial charge in [-0.05, 0) is 60.7 Å². The van der Waals surface area contributed by atoms with Crippen molar-refractivity contribution in [1.82, 2.24) is 14.5 Å². The summed E-state index contributed by atoms with van der Waals surface area (Å²) >= 11 is 0. The summed E-state index contributed by atoms with van der Waals surface area (Å²) in [7, 11) is -4.42. The molecule has 0 bridgehead atoms. The zero-order valence-electron chi connectivity index (χ0n) is 22.6. The molecule has 1 N–H and O–H groups in total. The van der Waals surface area contributed by atoms with E-state index in [0.29, 0.717) is 42.1 Å². The Morgan fingerprint density at radius 1 is 1.07 bits per heavy atom. The fourth-order valence-electron chi connectivity index (χ4n) is 5.11. The van der Waals surface area contributed by atoms with E-state index >= 15 is 0 Å². The number of pyridine rings is 1. The summed E-state index contributed by atoms with van der Waals surface area (Å²) in [6.45, 7) is 5.90. The van der Waals surface area contributed by atoms with Crippen molar-refractivity contribution in [1.29, 1.82) is 0 Å². The molecule has 0 fully saturated rings. The molecule has 40 heavy (non-hydrogen) atoms. The third-order valence-corrected chi connectivity index (χ3v) is 8.92. The van der Waals surface area contributed by atoms with Crippen LogP contribution in [-0.2, 0) is 16.3 Å². The second kappa shape index (κ2) is 11.1. The summed E-state index contributed by atoms with van der Waals surface area (Å²) < 4.78 is 40.4. The lowest BCUT2D eigenvalue weighted by Gasteiger charge is -2.26. The SMILES string of the molecule is CCCCc1nc(=O)c(S(=O)(=O)c2ccc(-c3ccncc3C)cc2)c(O)n1[C@@H](CC)c1cccc2c1OCO2. The molecule has 208 valence electrons. The lowest BCUT2D eigenvalue weighted by atomic mass is 10.0. The summed E-state index contributed by atoms with van der Waals surface area (Å²) in [6, 6.07) is 13.0. The Kier molecular flexibility index (Phi) is 7.62. The summed E-state index contributed by atoms with van der Waals surface area (Å²) in [6.07, 6.45) is 5.79. The molecule has 9 nitrogen and oxygen atoms in total. The number of aromatic nitrogens is 3. The number of benzene rings is 2. The molecule has 1 aliphatic heterocycles. The lowest BCUT2D eigenvalue weighted by molar-refractivity contribution is 0.172. The van der Waals surface area contributed by atoms with Crippen LogP contribution in [0.4, 0.5) is 0 Å². The van der Waals surface area contributed by atoms with Crippen LogP contribution in [0.5, 0.6) is 17.4 Å². The average molecular weight is 562 g/mol. The third-order valence-electron chi connectivity index (χ3n) is 7.14. The molecule has 3 heterocycles. The largest absolute Gasteiger partial charge is 0.493 e. The van der Waals surface area contributed by atoms with Crippen molar-refractivity contribution in [2.75, 3.05) is 6.79 Å². The molecule has 0 saturated carbocycles. The normalized spacial score (nSPS) is 13.4. The zero-order valence-corrected chi connectivity index (χ0v) is 23.4. The van der Waals surface area contributed by atoms with Crippen molar-refractivity contribution in [2.45, 2.75) is 62.3 Å². The Bertz CT molecular complexity index is 1710. The molecule has 0 saturated heterocycles. The first-order valence-corrected chi connectivity index (χ1v) is 14.7. The van der Waals surface area contributed by atoms with E-state index in [2.05, 4.69) is 9.97 Å². The maximum absolute atomic E-state index is 13.8. The molecule has 0 radical (unpaired) electrons. The van der Waals surface area contributed by atoms with Crippen LogP contribution in [0.3, 0.4) is 0 Å². The number of nitrogens with zero attached hydrogens (tertiary/aromatic N) is 3. The van der Waals surface area contributed by atoms with Crippen molar-refractivity contribution in [3.8, 4) is 28.5 Å². The van der Waals surface area contributed by atoms with Crippen LogP contribution >= 0.6 is 0 Å². The Morgan fingerprint density at radius 2 is 1.85 bits per heavy atom. The van der Waals surface area contributed by atoms with Gasteiger partial charge in [0, 0.05) is 24.4 Å². The van der Waals surface area contributed by atoms with Gasteiger partial charge in [-0.3, -0.25) is 14.3 Å². The average Bonchev–Trinajstić information content (AvgIpc) is 3.43. The molecule has 10 heteroatoms. The number of aryl methyl sites for hydroxylation is 2. The van der Waals surface area contributed by atoms with E-state index in [9.17, 15) is 18.3 Å². The number of fused-ring (bicyclic) bond motifs is 1. The van der Waals surface area contributed by atoms with Crippen LogP contribution in [0.2, 0.25) is 0 Å². The quantitative estimate of drug-likeness (QED) is 0.295. The van der Waals surface area contributed by atoms with Gasteiger partial charge in [-0.2, -0.15) is 4.98 Å². The highest BCUT2D eigenvalue weighted by molar-refractivity contribution is 7.91.